The number of allylic oxidation sites excluding steroid dienone is 4. The van der Waals surface area contributed by atoms with Crippen LogP contribution < -0.4 is 4.74 Å². The van der Waals surface area contributed by atoms with Gasteiger partial charge in [0.1, 0.15) is 17.3 Å². The number of ether oxygens (including phenoxy) is 3. The van der Waals surface area contributed by atoms with E-state index in [1.807, 2.05) is 57.2 Å². The molecule has 122 valence electrons. The van der Waals surface area contributed by atoms with Crippen LogP contribution in [0.15, 0.2) is 59.1 Å². The summed E-state index contributed by atoms with van der Waals surface area (Å²) in [5.41, 5.74) is 2.84. The van der Waals surface area contributed by atoms with Gasteiger partial charge in [0.15, 0.2) is 0 Å². The van der Waals surface area contributed by atoms with Gasteiger partial charge in [0.05, 0.1) is 26.9 Å². The number of rotatable bonds is 5. The highest BCUT2D eigenvalue weighted by Gasteiger charge is 2.06. The summed E-state index contributed by atoms with van der Waals surface area (Å²) in [5, 5.41) is 0. The van der Waals surface area contributed by atoms with Gasteiger partial charge < -0.3 is 14.2 Å². The standard InChI is InChI=1S/C20H24O3/c1-7-17(21-4)14-20(23-6)19(15(2)3)13-10-16-8-11-18(22-5)12-9-16/h7-9,11-12,14H,1-6H3/b17-7+,20-14+. The second kappa shape index (κ2) is 9.42. The molecule has 0 atom stereocenters. The molecule has 1 aromatic carbocycles. The Morgan fingerprint density at radius 3 is 2.09 bits per heavy atom. The van der Waals surface area contributed by atoms with E-state index in [1.54, 1.807) is 21.3 Å². The summed E-state index contributed by atoms with van der Waals surface area (Å²) in [7, 11) is 4.91. The van der Waals surface area contributed by atoms with E-state index in [1.165, 1.54) is 0 Å². The van der Waals surface area contributed by atoms with Crippen molar-refractivity contribution in [3.05, 3.63) is 64.6 Å². The Labute approximate surface area is 139 Å². The Bertz CT molecular complexity index is 661. The number of benzene rings is 1. The van der Waals surface area contributed by atoms with Crippen molar-refractivity contribution in [2.45, 2.75) is 20.8 Å². The predicted molar refractivity (Wildman–Crippen MR) is 94.1 cm³/mol. The third-order valence-electron chi connectivity index (χ3n) is 3.18. The molecule has 0 spiro atoms. The molecule has 0 N–H and O–H groups in total. The Hall–Kier alpha value is -2.60. The van der Waals surface area contributed by atoms with Gasteiger partial charge in [-0.15, -0.1) is 0 Å². The summed E-state index contributed by atoms with van der Waals surface area (Å²) in [6.45, 7) is 5.92. The maximum Gasteiger partial charge on any atom is 0.138 e. The van der Waals surface area contributed by atoms with Crippen LogP contribution in [0, 0.1) is 11.8 Å². The number of hydrogen-bond donors (Lipinski definition) is 0. The van der Waals surface area contributed by atoms with E-state index >= 15 is 0 Å². The van der Waals surface area contributed by atoms with Crippen molar-refractivity contribution in [1.29, 1.82) is 0 Å². The summed E-state index contributed by atoms with van der Waals surface area (Å²) in [4.78, 5) is 0. The first-order valence-electron chi connectivity index (χ1n) is 7.35. The maximum atomic E-state index is 5.49. The van der Waals surface area contributed by atoms with E-state index in [0.29, 0.717) is 5.76 Å². The molecule has 0 aliphatic rings. The zero-order chi connectivity index (χ0) is 17.2. The van der Waals surface area contributed by atoms with Crippen molar-refractivity contribution in [2.24, 2.45) is 0 Å². The number of methoxy groups -OCH3 is 3. The fourth-order valence-electron chi connectivity index (χ4n) is 1.86. The fourth-order valence-corrected chi connectivity index (χ4v) is 1.86. The molecular formula is C20H24O3. The van der Waals surface area contributed by atoms with Crippen LogP contribution in [0.3, 0.4) is 0 Å². The summed E-state index contributed by atoms with van der Waals surface area (Å²) in [5.74, 6) is 8.57. The molecule has 0 bridgehead atoms. The van der Waals surface area contributed by atoms with Crippen LogP contribution in [0.5, 0.6) is 5.75 Å². The Morgan fingerprint density at radius 1 is 1.00 bits per heavy atom. The van der Waals surface area contributed by atoms with E-state index < -0.39 is 0 Å². The lowest BCUT2D eigenvalue weighted by molar-refractivity contribution is 0.282. The Morgan fingerprint density at radius 2 is 1.65 bits per heavy atom. The monoisotopic (exact) mass is 312 g/mol. The minimum Gasteiger partial charge on any atom is -0.497 e. The van der Waals surface area contributed by atoms with Crippen molar-refractivity contribution in [3.8, 4) is 17.6 Å². The van der Waals surface area contributed by atoms with E-state index in [4.69, 9.17) is 14.2 Å². The summed E-state index contributed by atoms with van der Waals surface area (Å²) < 4.78 is 15.9. The van der Waals surface area contributed by atoms with Gasteiger partial charge in [0.2, 0.25) is 0 Å². The molecule has 0 saturated carbocycles. The fraction of sp³-hybridized carbons (Fsp3) is 0.300. The highest BCUT2D eigenvalue weighted by Crippen LogP contribution is 2.18. The van der Waals surface area contributed by atoms with Gasteiger partial charge in [-0.25, -0.2) is 0 Å². The van der Waals surface area contributed by atoms with Crippen molar-refractivity contribution in [3.63, 3.8) is 0 Å². The normalized spacial score (nSPS) is 11.2. The zero-order valence-corrected chi connectivity index (χ0v) is 14.7. The predicted octanol–water partition coefficient (Wildman–Crippen LogP) is 4.46. The lowest BCUT2D eigenvalue weighted by Gasteiger charge is -2.09. The molecule has 0 saturated heterocycles. The van der Waals surface area contributed by atoms with Crippen LogP contribution in [0.1, 0.15) is 26.3 Å². The molecule has 3 heteroatoms. The minimum atomic E-state index is 0.681. The smallest absolute Gasteiger partial charge is 0.138 e. The van der Waals surface area contributed by atoms with E-state index in [-0.39, 0.29) is 0 Å². The molecule has 0 unspecified atom stereocenters. The maximum absolute atomic E-state index is 5.49. The first-order chi connectivity index (χ1) is 11.0. The van der Waals surface area contributed by atoms with Crippen LogP contribution in [0.4, 0.5) is 0 Å². The largest absolute Gasteiger partial charge is 0.497 e. The molecular weight excluding hydrogens is 288 g/mol. The van der Waals surface area contributed by atoms with Gasteiger partial charge in [0.25, 0.3) is 0 Å². The lowest BCUT2D eigenvalue weighted by Crippen LogP contribution is -1.96. The van der Waals surface area contributed by atoms with E-state index in [0.717, 1.165) is 28.2 Å². The third kappa shape index (κ3) is 5.60. The molecule has 0 radical (unpaired) electrons. The Balaban J connectivity index is 3.18. The van der Waals surface area contributed by atoms with Crippen molar-refractivity contribution >= 4 is 0 Å². The van der Waals surface area contributed by atoms with Crippen LogP contribution in [-0.2, 0) is 9.47 Å². The van der Waals surface area contributed by atoms with Gasteiger partial charge in [-0.05, 0) is 51.1 Å². The van der Waals surface area contributed by atoms with Crippen LogP contribution >= 0.6 is 0 Å². The van der Waals surface area contributed by atoms with Gasteiger partial charge >= 0.3 is 0 Å². The van der Waals surface area contributed by atoms with E-state index in [2.05, 4.69) is 11.8 Å². The summed E-state index contributed by atoms with van der Waals surface area (Å²) in [6.07, 6.45) is 3.71. The van der Waals surface area contributed by atoms with Gasteiger partial charge in [-0.1, -0.05) is 17.4 Å². The molecule has 0 amide bonds. The lowest BCUT2D eigenvalue weighted by atomic mass is 10.1. The zero-order valence-electron chi connectivity index (χ0n) is 14.7. The average Bonchev–Trinajstić information content (AvgIpc) is 2.58. The second-order valence-corrected chi connectivity index (χ2v) is 4.96. The Kier molecular flexibility index (Phi) is 7.56. The molecule has 23 heavy (non-hydrogen) atoms. The van der Waals surface area contributed by atoms with Crippen molar-refractivity contribution < 1.29 is 14.2 Å². The van der Waals surface area contributed by atoms with Gasteiger partial charge in [-0.2, -0.15) is 0 Å². The first kappa shape index (κ1) is 18.4. The molecule has 0 aliphatic carbocycles. The third-order valence-corrected chi connectivity index (χ3v) is 3.18. The van der Waals surface area contributed by atoms with Crippen molar-refractivity contribution in [1.82, 2.24) is 0 Å². The quantitative estimate of drug-likeness (QED) is 0.456. The van der Waals surface area contributed by atoms with Crippen LogP contribution in [0.2, 0.25) is 0 Å². The molecule has 0 heterocycles. The number of hydrogen-bond acceptors (Lipinski definition) is 3. The first-order valence-corrected chi connectivity index (χ1v) is 7.35. The highest BCUT2D eigenvalue weighted by molar-refractivity contribution is 5.51. The van der Waals surface area contributed by atoms with Crippen LogP contribution in [0.25, 0.3) is 0 Å². The molecule has 1 rings (SSSR count). The molecule has 3 nitrogen and oxygen atoms in total. The molecule has 0 fully saturated rings. The van der Waals surface area contributed by atoms with Gasteiger partial charge in [0, 0.05) is 11.6 Å². The van der Waals surface area contributed by atoms with Crippen LogP contribution in [-0.4, -0.2) is 21.3 Å². The van der Waals surface area contributed by atoms with Crippen molar-refractivity contribution in [2.75, 3.05) is 21.3 Å². The van der Waals surface area contributed by atoms with Gasteiger partial charge in [-0.3, -0.25) is 0 Å². The average molecular weight is 312 g/mol. The SMILES string of the molecule is C/C=C(\C=C(\OC)C(C#Cc1ccc(OC)cc1)=C(C)C)OC. The minimum absolute atomic E-state index is 0.681. The summed E-state index contributed by atoms with van der Waals surface area (Å²) in [6, 6.07) is 7.64. The molecule has 1 aromatic rings. The highest BCUT2D eigenvalue weighted by atomic mass is 16.5. The molecule has 0 aliphatic heterocycles. The summed E-state index contributed by atoms with van der Waals surface area (Å²) >= 11 is 0. The van der Waals surface area contributed by atoms with E-state index in [9.17, 15) is 0 Å². The second-order valence-electron chi connectivity index (χ2n) is 4.96. The topological polar surface area (TPSA) is 27.7 Å². The molecule has 0 aromatic heterocycles.